The lowest BCUT2D eigenvalue weighted by Crippen LogP contribution is -2.44. The van der Waals surface area contributed by atoms with E-state index in [1.807, 2.05) is 0 Å². The fraction of sp³-hybridized carbons (Fsp3) is 0.350. The van der Waals surface area contributed by atoms with Crippen molar-refractivity contribution in [1.29, 1.82) is 0 Å². The molecule has 152 valence electrons. The van der Waals surface area contributed by atoms with Gasteiger partial charge in [-0.05, 0) is 18.6 Å². The van der Waals surface area contributed by atoms with Crippen molar-refractivity contribution in [2.75, 3.05) is 38.2 Å². The molecule has 2 aliphatic heterocycles. The molecule has 2 amide bonds. The third-order valence-electron chi connectivity index (χ3n) is 5.65. The number of carbonyl (C=O) groups is 2. The van der Waals surface area contributed by atoms with Gasteiger partial charge in [-0.15, -0.1) is 0 Å². The molecule has 1 saturated heterocycles. The van der Waals surface area contributed by atoms with Gasteiger partial charge in [-0.25, -0.2) is 9.37 Å². The molecule has 1 aromatic heterocycles. The Bertz CT molecular complexity index is 1040. The van der Waals surface area contributed by atoms with Crippen molar-refractivity contribution >= 4 is 34.9 Å². The molecule has 9 heteroatoms. The fourth-order valence-electron chi connectivity index (χ4n) is 4.14. The number of hydrogen-bond donors (Lipinski definition) is 3. The predicted molar refractivity (Wildman–Crippen MR) is 109 cm³/mol. The zero-order chi connectivity index (χ0) is 20.9. The van der Waals surface area contributed by atoms with E-state index in [2.05, 4.69) is 15.6 Å². The maximum atomic E-state index is 15.4. The van der Waals surface area contributed by atoms with E-state index < -0.39 is 17.1 Å². The van der Waals surface area contributed by atoms with Crippen molar-refractivity contribution in [2.24, 2.45) is 0 Å². The smallest absolute Gasteiger partial charge is 0.258 e. The van der Waals surface area contributed by atoms with E-state index in [1.165, 1.54) is 37.3 Å². The van der Waals surface area contributed by atoms with Gasteiger partial charge in [-0.3, -0.25) is 9.59 Å². The summed E-state index contributed by atoms with van der Waals surface area (Å²) in [4.78, 5) is 30.2. The van der Waals surface area contributed by atoms with Crippen molar-refractivity contribution in [3.05, 3.63) is 40.3 Å². The highest BCUT2D eigenvalue weighted by Gasteiger charge is 2.45. The SMILES string of the molecule is CN(C)C(=O)c1c(N)ccc(-c2cnc3c(c2Cl)C2(CCNC(=O)C2)CN3)c1F. The molecule has 7 nitrogen and oxygen atoms in total. The molecule has 4 N–H and O–H groups in total. The first-order chi connectivity index (χ1) is 13.7. The van der Waals surface area contributed by atoms with E-state index >= 15 is 4.39 Å². The maximum Gasteiger partial charge on any atom is 0.258 e. The number of carbonyl (C=O) groups excluding carboxylic acids is 2. The molecule has 0 aliphatic carbocycles. The minimum atomic E-state index is -0.742. The molecule has 1 fully saturated rings. The first-order valence-corrected chi connectivity index (χ1v) is 9.62. The van der Waals surface area contributed by atoms with Crippen LogP contribution in [0.4, 0.5) is 15.9 Å². The van der Waals surface area contributed by atoms with Gasteiger partial charge >= 0.3 is 0 Å². The number of anilines is 2. The van der Waals surface area contributed by atoms with Crippen LogP contribution in [-0.4, -0.2) is 48.9 Å². The molecule has 1 atom stereocenters. The van der Waals surface area contributed by atoms with Crippen LogP contribution in [0.5, 0.6) is 0 Å². The molecule has 0 radical (unpaired) electrons. The summed E-state index contributed by atoms with van der Waals surface area (Å²) >= 11 is 6.76. The molecule has 0 saturated carbocycles. The van der Waals surface area contributed by atoms with E-state index in [-0.39, 0.29) is 29.1 Å². The lowest BCUT2D eigenvalue weighted by atomic mass is 9.74. The highest BCUT2D eigenvalue weighted by molar-refractivity contribution is 6.34. The zero-order valence-electron chi connectivity index (χ0n) is 16.1. The first-order valence-electron chi connectivity index (χ1n) is 9.25. The second kappa shape index (κ2) is 6.88. The minimum Gasteiger partial charge on any atom is -0.398 e. The van der Waals surface area contributed by atoms with Gasteiger partial charge in [0, 0.05) is 67.6 Å². The van der Waals surface area contributed by atoms with Crippen molar-refractivity contribution < 1.29 is 14.0 Å². The van der Waals surface area contributed by atoms with E-state index in [9.17, 15) is 9.59 Å². The summed E-state index contributed by atoms with van der Waals surface area (Å²) in [7, 11) is 3.06. The van der Waals surface area contributed by atoms with Gasteiger partial charge in [0.1, 0.15) is 11.6 Å². The molecule has 1 unspecified atom stereocenters. The summed E-state index contributed by atoms with van der Waals surface area (Å²) in [5, 5.41) is 6.38. The van der Waals surface area contributed by atoms with Crippen LogP contribution in [0.1, 0.15) is 28.8 Å². The number of halogens is 2. The third kappa shape index (κ3) is 2.98. The van der Waals surface area contributed by atoms with E-state index in [1.54, 1.807) is 0 Å². The molecule has 4 rings (SSSR count). The molecule has 2 aromatic rings. The van der Waals surface area contributed by atoms with Crippen LogP contribution >= 0.6 is 11.6 Å². The van der Waals surface area contributed by atoms with Crippen LogP contribution in [-0.2, 0) is 10.2 Å². The van der Waals surface area contributed by atoms with Crippen molar-refractivity contribution in [3.8, 4) is 11.1 Å². The minimum absolute atomic E-state index is 0.0510. The number of piperidine rings is 1. The van der Waals surface area contributed by atoms with Crippen LogP contribution in [0, 0.1) is 5.82 Å². The number of aromatic nitrogens is 1. The Balaban J connectivity index is 1.88. The fourth-order valence-corrected chi connectivity index (χ4v) is 4.58. The van der Waals surface area contributed by atoms with Crippen molar-refractivity contribution in [2.45, 2.75) is 18.3 Å². The molecule has 0 bridgehead atoms. The molecule has 2 aliphatic rings. The molecule has 1 spiro atoms. The number of nitrogens with zero attached hydrogens (tertiary/aromatic N) is 2. The molecular formula is C20H21ClFN5O2. The Kier molecular flexibility index (Phi) is 4.61. The zero-order valence-corrected chi connectivity index (χ0v) is 16.9. The summed E-state index contributed by atoms with van der Waals surface area (Å²) in [6.45, 7) is 1.08. The van der Waals surface area contributed by atoms with E-state index in [0.717, 1.165) is 5.56 Å². The molecule has 29 heavy (non-hydrogen) atoms. The number of pyridine rings is 1. The Hall–Kier alpha value is -2.87. The van der Waals surface area contributed by atoms with Crippen LogP contribution in [0.15, 0.2) is 18.3 Å². The second-order valence-corrected chi connectivity index (χ2v) is 8.09. The van der Waals surface area contributed by atoms with Gasteiger partial charge < -0.3 is 21.3 Å². The standard InChI is InChI=1S/C20H21ClFN5O2/c1-27(2)19(29)14-12(23)4-3-10(17(14)22)11-8-25-18-15(16(11)21)20(9-26-18)5-6-24-13(28)7-20/h3-4,8H,5-7,9,23H2,1-2H3,(H,24,28)(H,25,26). The number of fused-ring (bicyclic) bond motifs is 2. The van der Waals surface area contributed by atoms with Crippen LogP contribution in [0.25, 0.3) is 11.1 Å². The molecule has 1 aromatic carbocycles. The van der Waals surface area contributed by atoms with Gasteiger partial charge in [-0.1, -0.05) is 11.6 Å². The Morgan fingerprint density at radius 1 is 1.31 bits per heavy atom. The average Bonchev–Trinajstić information content (AvgIpc) is 3.01. The summed E-state index contributed by atoms with van der Waals surface area (Å²) in [6.07, 6.45) is 2.47. The predicted octanol–water partition coefficient (Wildman–Crippen LogP) is 2.40. The summed E-state index contributed by atoms with van der Waals surface area (Å²) in [6, 6.07) is 2.98. The highest BCUT2D eigenvalue weighted by atomic mass is 35.5. The van der Waals surface area contributed by atoms with Crippen molar-refractivity contribution in [1.82, 2.24) is 15.2 Å². The van der Waals surface area contributed by atoms with Gasteiger partial charge in [0.2, 0.25) is 5.91 Å². The summed E-state index contributed by atoms with van der Waals surface area (Å²) in [5.41, 5.74) is 6.48. The van der Waals surface area contributed by atoms with E-state index in [4.69, 9.17) is 17.3 Å². The monoisotopic (exact) mass is 417 g/mol. The lowest BCUT2D eigenvalue weighted by molar-refractivity contribution is -0.123. The molecular weight excluding hydrogens is 397 g/mol. The normalized spacial score (nSPS) is 20.2. The Labute approximate surface area is 172 Å². The first kappa shape index (κ1) is 19.4. The van der Waals surface area contributed by atoms with Gasteiger partial charge in [0.25, 0.3) is 5.91 Å². The van der Waals surface area contributed by atoms with Gasteiger partial charge in [0.15, 0.2) is 0 Å². The van der Waals surface area contributed by atoms with Gasteiger partial charge in [-0.2, -0.15) is 0 Å². The third-order valence-corrected chi connectivity index (χ3v) is 6.04. The topological polar surface area (TPSA) is 100 Å². The lowest BCUT2D eigenvalue weighted by Gasteiger charge is -2.33. The Morgan fingerprint density at radius 2 is 2.07 bits per heavy atom. The largest absolute Gasteiger partial charge is 0.398 e. The quantitative estimate of drug-likeness (QED) is 0.651. The number of benzene rings is 1. The number of nitrogen functional groups attached to an aromatic ring is 1. The second-order valence-electron chi connectivity index (χ2n) is 7.71. The Morgan fingerprint density at radius 3 is 2.76 bits per heavy atom. The number of amides is 2. The number of nitrogens with one attached hydrogen (secondary N) is 2. The van der Waals surface area contributed by atoms with Crippen LogP contribution in [0.3, 0.4) is 0 Å². The maximum absolute atomic E-state index is 15.4. The highest BCUT2D eigenvalue weighted by Crippen LogP contribution is 2.48. The number of nitrogens with two attached hydrogens (primary N) is 1. The van der Waals surface area contributed by atoms with Crippen LogP contribution < -0.4 is 16.4 Å². The summed E-state index contributed by atoms with van der Waals surface area (Å²) < 4.78 is 15.4. The summed E-state index contributed by atoms with van der Waals surface area (Å²) in [5.74, 6) is -0.721. The number of rotatable bonds is 2. The van der Waals surface area contributed by atoms with E-state index in [0.29, 0.717) is 35.9 Å². The van der Waals surface area contributed by atoms with Crippen molar-refractivity contribution in [3.63, 3.8) is 0 Å². The van der Waals surface area contributed by atoms with Crippen LogP contribution in [0.2, 0.25) is 5.02 Å². The molecule has 3 heterocycles. The average molecular weight is 418 g/mol. The van der Waals surface area contributed by atoms with Gasteiger partial charge in [0.05, 0.1) is 10.6 Å². The number of hydrogen-bond acceptors (Lipinski definition) is 5.